The van der Waals surface area contributed by atoms with E-state index in [1.54, 1.807) is 6.26 Å². The van der Waals surface area contributed by atoms with E-state index >= 15 is 0 Å². The lowest BCUT2D eigenvalue weighted by Gasteiger charge is -2.41. The van der Waals surface area contributed by atoms with Crippen LogP contribution in [-0.2, 0) is 4.74 Å². The first kappa shape index (κ1) is 11.6. The van der Waals surface area contributed by atoms with Gasteiger partial charge in [-0.3, -0.25) is 4.90 Å². The molecule has 1 aromatic heterocycles. The third-order valence-corrected chi connectivity index (χ3v) is 2.99. The first-order chi connectivity index (χ1) is 7.62. The summed E-state index contributed by atoms with van der Waals surface area (Å²) in [5, 5.41) is 0. The highest BCUT2D eigenvalue weighted by Crippen LogP contribution is 2.26. The minimum atomic E-state index is -0.0989. The molecule has 16 heavy (non-hydrogen) atoms. The number of rotatable bonds is 3. The average Bonchev–Trinajstić information content (AvgIpc) is 2.71. The number of morpholine rings is 1. The van der Waals surface area contributed by atoms with Crippen molar-refractivity contribution < 1.29 is 9.15 Å². The molecule has 2 heterocycles. The molecule has 0 saturated carbocycles. The van der Waals surface area contributed by atoms with Crippen LogP contribution in [0.4, 0.5) is 0 Å². The maximum absolute atomic E-state index is 5.84. The Kier molecular flexibility index (Phi) is 3.33. The lowest BCUT2D eigenvalue weighted by Crippen LogP contribution is -2.50. The van der Waals surface area contributed by atoms with Crippen molar-refractivity contribution in [2.24, 2.45) is 5.73 Å². The molecule has 4 heteroatoms. The SMILES string of the molecule is CC1(C)CN(C(CN)c2ccco2)CCO1. The second-order valence-corrected chi connectivity index (χ2v) is 4.85. The summed E-state index contributed by atoms with van der Waals surface area (Å²) in [6.07, 6.45) is 1.70. The van der Waals surface area contributed by atoms with Gasteiger partial charge in [0.05, 0.1) is 24.5 Å². The summed E-state index contributed by atoms with van der Waals surface area (Å²) in [7, 11) is 0. The molecular weight excluding hydrogens is 204 g/mol. The van der Waals surface area contributed by atoms with Gasteiger partial charge in [0, 0.05) is 19.6 Å². The molecule has 1 aromatic rings. The molecule has 4 nitrogen and oxygen atoms in total. The smallest absolute Gasteiger partial charge is 0.122 e. The van der Waals surface area contributed by atoms with E-state index in [4.69, 9.17) is 14.9 Å². The van der Waals surface area contributed by atoms with E-state index < -0.39 is 0 Å². The van der Waals surface area contributed by atoms with Gasteiger partial charge in [-0.05, 0) is 26.0 Å². The number of ether oxygens (including phenoxy) is 1. The molecule has 0 amide bonds. The molecule has 0 bridgehead atoms. The molecule has 0 spiro atoms. The summed E-state index contributed by atoms with van der Waals surface area (Å²) in [6, 6.07) is 4.06. The van der Waals surface area contributed by atoms with Crippen molar-refractivity contribution >= 4 is 0 Å². The van der Waals surface area contributed by atoms with Crippen LogP contribution in [0.1, 0.15) is 25.6 Å². The molecule has 1 saturated heterocycles. The van der Waals surface area contributed by atoms with E-state index in [9.17, 15) is 0 Å². The van der Waals surface area contributed by atoms with Crippen LogP contribution in [0.25, 0.3) is 0 Å². The lowest BCUT2D eigenvalue weighted by atomic mass is 10.0. The Balaban J connectivity index is 2.10. The van der Waals surface area contributed by atoms with Gasteiger partial charge in [0.15, 0.2) is 0 Å². The predicted molar refractivity (Wildman–Crippen MR) is 62.1 cm³/mol. The molecular formula is C12H20N2O2. The minimum absolute atomic E-state index is 0.0989. The molecule has 0 aromatic carbocycles. The molecule has 0 radical (unpaired) electrons. The van der Waals surface area contributed by atoms with Crippen LogP contribution in [0.15, 0.2) is 22.8 Å². The highest BCUT2D eigenvalue weighted by Gasteiger charge is 2.32. The predicted octanol–water partition coefficient (Wildman–Crippen LogP) is 1.39. The Morgan fingerprint density at radius 1 is 1.56 bits per heavy atom. The van der Waals surface area contributed by atoms with Crippen molar-refractivity contribution in [2.75, 3.05) is 26.2 Å². The van der Waals surface area contributed by atoms with E-state index in [1.807, 2.05) is 12.1 Å². The van der Waals surface area contributed by atoms with E-state index in [0.29, 0.717) is 6.54 Å². The van der Waals surface area contributed by atoms with Crippen molar-refractivity contribution in [3.63, 3.8) is 0 Å². The number of hydrogen-bond donors (Lipinski definition) is 1. The zero-order valence-electron chi connectivity index (χ0n) is 9.98. The van der Waals surface area contributed by atoms with E-state index in [0.717, 1.165) is 25.5 Å². The van der Waals surface area contributed by atoms with Crippen molar-refractivity contribution in [1.29, 1.82) is 0 Å². The zero-order chi connectivity index (χ0) is 11.6. The van der Waals surface area contributed by atoms with Crippen LogP contribution in [0.5, 0.6) is 0 Å². The van der Waals surface area contributed by atoms with Gasteiger partial charge in [0.25, 0.3) is 0 Å². The number of hydrogen-bond acceptors (Lipinski definition) is 4. The van der Waals surface area contributed by atoms with Gasteiger partial charge in [-0.15, -0.1) is 0 Å². The summed E-state index contributed by atoms with van der Waals surface area (Å²) in [4.78, 5) is 2.34. The summed E-state index contributed by atoms with van der Waals surface area (Å²) in [5.41, 5.74) is 5.74. The number of nitrogens with two attached hydrogens (primary N) is 1. The molecule has 2 rings (SSSR count). The first-order valence-electron chi connectivity index (χ1n) is 5.74. The van der Waals surface area contributed by atoms with Crippen molar-refractivity contribution in [3.8, 4) is 0 Å². The van der Waals surface area contributed by atoms with Gasteiger partial charge in [0.2, 0.25) is 0 Å². The van der Waals surface area contributed by atoms with Gasteiger partial charge < -0.3 is 14.9 Å². The third kappa shape index (κ3) is 2.45. The van der Waals surface area contributed by atoms with Crippen molar-refractivity contribution in [3.05, 3.63) is 24.2 Å². The fourth-order valence-electron chi connectivity index (χ4n) is 2.25. The zero-order valence-corrected chi connectivity index (χ0v) is 9.98. The Labute approximate surface area is 96.4 Å². The largest absolute Gasteiger partial charge is 0.468 e. The fourth-order valence-corrected chi connectivity index (χ4v) is 2.25. The normalized spacial score (nSPS) is 23.2. The molecule has 1 unspecified atom stereocenters. The second kappa shape index (κ2) is 4.57. The second-order valence-electron chi connectivity index (χ2n) is 4.85. The molecule has 1 fully saturated rings. The van der Waals surface area contributed by atoms with Crippen LogP contribution in [0, 0.1) is 0 Å². The fraction of sp³-hybridized carbons (Fsp3) is 0.667. The standard InChI is InChI=1S/C12H20N2O2/c1-12(2)9-14(5-7-16-12)10(8-13)11-4-3-6-15-11/h3-4,6,10H,5,7-9,13H2,1-2H3. The maximum atomic E-state index is 5.84. The Bertz CT molecular complexity index is 322. The molecule has 1 aliphatic heterocycles. The molecule has 1 atom stereocenters. The topological polar surface area (TPSA) is 51.6 Å². The third-order valence-electron chi connectivity index (χ3n) is 2.99. The summed E-state index contributed by atoms with van der Waals surface area (Å²) in [6.45, 7) is 7.33. The van der Waals surface area contributed by atoms with Crippen LogP contribution < -0.4 is 5.73 Å². The van der Waals surface area contributed by atoms with Crippen molar-refractivity contribution in [2.45, 2.75) is 25.5 Å². The van der Waals surface area contributed by atoms with Crippen LogP contribution in [0.2, 0.25) is 0 Å². The molecule has 1 aliphatic rings. The van der Waals surface area contributed by atoms with Gasteiger partial charge in [0.1, 0.15) is 5.76 Å². The monoisotopic (exact) mass is 224 g/mol. The molecule has 2 N–H and O–H groups in total. The summed E-state index contributed by atoms with van der Waals surface area (Å²) >= 11 is 0. The number of furan rings is 1. The number of nitrogens with zero attached hydrogens (tertiary/aromatic N) is 1. The highest BCUT2D eigenvalue weighted by atomic mass is 16.5. The minimum Gasteiger partial charge on any atom is -0.468 e. The lowest BCUT2D eigenvalue weighted by molar-refractivity contribution is -0.0984. The first-order valence-corrected chi connectivity index (χ1v) is 5.74. The van der Waals surface area contributed by atoms with Gasteiger partial charge in [-0.2, -0.15) is 0 Å². The highest BCUT2D eigenvalue weighted by molar-refractivity contribution is 5.06. The van der Waals surface area contributed by atoms with E-state index in [1.165, 1.54) is 0 Å². The van der Waals surface area contributed by atoms with E-state index in [2.05, 4.69) is 18.7 Å². The van der Waals surface area contributed by atoms with Gasteiger partial charge in [-0.25, -0.2) is 0 Å². The van der Waals surface area contributed by atoms with Crippen molar-refractivity contribution in [1.82, 2.24) is 4.90 Å². The maximum Gasteiger partial charge on any atom is 0.122 e. The Hall–Kier alpha value is -0.840. The van der Waals surface area contributed by atoms with E-state index in [-0.39, 0.29) is 11.6 Å². The van der Waals surface area contributed by atoms with Crippen LogP contribution >= 0.6 is 0 Å². The summed E-state index contributed by atoms with van der Waals surface area (Å²) < 4.78 is 11.1. The average molecular weight is 224 g/mol. The van der Waals surface area contributed by atoms with Crippen LogP contribution in [-0.4, -0.2) is 36.7 Å². The van der Waals surface area contributed by atoms with Gasteiger partial charge >= 0.3 is 0 Å². The summed E-state index contributed by atoms with van der Waals surface area (Å²) in [5.74, 6) is 0.945. The quantitative estimate of drug-likeness (QED) is 0.843. The molecule has 0 aliphatic carbocycles. The Morgan fingerprint density at radius 3 is 2.94 bits per heavy atom. The molecule has 90 valence electrons. The van der Waals surface area contributed by atoms with Gasteiger partial charge in [-0.1, -0.05) is 0 Å². The Morgan fingerprint density at radius 2 is 2.38 bits per heavy atom. The van der Waals surface area contributed by atoms with Crippen LogP contribution in [0.3, 0.4) is 0 Å².